The van der Waals surface area contributed by atoms with Crippen LogP contribution in [-0.2, 0) is 4.74 Å². The Labute approximate surface area is 98.2 Å². The standard InChI is InChI=1S/C9H18N2O6/c12-3-5-7(14)8(15)9(17-5)11(16)2-1-6(13)10-4-11/h5-10,12-15H,1-4H2/t5-,6?,7-,8-,9-,11?/m1/s1. The SMILES string of the molecule is [O-][N+]1([C@@H]2O[C@H](CO)[C@@H](O)[C@H]2O)CCC(O)NC1. The van der Waals surface area contributed by atoms with Crippen molar-refractivity contribution in [3.8, 4) is 0 Å². The number of quaternary nitrogens is 1. The van der Waals surface area contributed by atoms with Crippen molar-refractivity contribution in [2.45, 2.75) is 37.2 Å². The number of aliphatic hydroxyl groups excluding tert-OH is 4. The van der Waals surface area contributed by atoms with Crippen molar-refractivity contribution in [2.24, 2.45) is 0 Å². The van der Waals surface area contributed by atoms with Crippen molar-refractivity contribution in [3.05, 3.63) is 5.21 Å². The summed E-state index contributed by atoms with van der Waals surface area (Å²) in [7, 11) is 0. The van der Waals surface area contributed by atoms with Gasteiger partial charge in [0.05, 0.1) is 13.2 Å². The Bertz CT molecular complexity index is 270. The van der Waals surface area contributed by atoms with Gasteiger partial charge in [0.1, 0.15) is 25.1 Å². The molecule has 0 bridgehead atoms. The second-order valence-electron chi connectivity index (χ2n) is 4.57. The quantitative estimate of drug-likeness (QED) is 0.261. The van der Waals surface area contributed by atoms with Crippen molar-refractivity contribution in [2.75, 3.05) is 19.8 Å². The fourth-order valence-electron chi connectivity index (χ4n) is 2.27. The average molecular weight is 250 g/mol. The highest BCUT2D eigenvalue weighted by atomic mass is 16.7. The molecular weight excluding hydrogens is 232 g/mol. The van der Waals surface area contributed by atoms with Gasteiger partial charge < -0.3 is 35.0 Å². The van der Waals surface area contributed by atoms with Crippen molar-refractivity contribution in [1.29, 1.82) is 0 Å². The Kier molecular flexibility index (Phi) is 3.66. The fraction of sp³-hybridized carbons (Fsp3) is 1.00. The molecular formula is C9H18N2O6. The maximum Gasteiger partial charge on any atom is 0.223 e. The Balaban J connectivity index is 2.07. The molecule has 5 N–H and O–H groups in total. The van der Waals surface area contributed by atoms with Gasteiger partial charge in [-0.15, -0.1) is 0 Å². The van der Waals surface area contributed by atoms with Crippen LogP contribution in [0.15, 0.2) is 0 Å². The highest BCUT2D eigenvalue weighted by molar-refractivity contribution is 4.87. The second-order valence-corrected chi connectivity index (χ2v) is 4.57. The highest BCUT2D eigenvalue weighted by Gasteiger charge is 2.51. The van der Waals surface area contributed by atoms with Crippen molar-refractivity contribution in [1.82, 2.24) is 5.32 Å². The molecule has 0 aromatic carbocycles. The number of aliphatic hydroxyl groups is 4. The van der Waals surface area contributed by atoms with Crippen LogP contribution in [0.25, 0.3) is 0 Å². The third-order valence-corrected chi connectivity index (χ3v) is 3.36. The molecule has 2 aliphatic rings. The van der Waals surface area contributed by atoms with Crippen LogP contribution in [0.2, 0.25) is 0 Å². The first-order chi connectivity index (χ1) is 7.98. The van der Waals surface area contributed by atoms with Crippen LogP contribution in [0.3, 0.4) is 0 Å². The van der Waals surface area contributed by atoms with Gasteiger partial charge in [-0.3, -0.25) is 0 Å². The topological polar surface area (TPSA) is 125 Å². The van der Waals surface area contributed by atoms with Crippen LogP contribution >= 0.6 is 0 Å². The lowest BCUT2D eigenvalue weighted by molar-refractivity contribution is -0.938. The van der Waals surface area contributed by atoms with Gasteiger partial charge in [0.15, 0.2) is 6.10 Å². The minimum Gasteiger partial charge on any atom is -0.630 e. The number of rotatable bonds is 2. The van der Waals surface area contributed by atoms with Gasteiger partial charge in [-0.2, -0.15) is 0 Å². The molecule has 2 fully saturated rings. The van der Waals surface area contributed by atoms with Crippen LogP contribution in [0, 0.1) is 5.21 Å². The van der Waals surface area contributed by atoms with E-state index in [2.05, 4.69) is 5.32 Å². The summed E-state index contributed by atoms with van der Waals surface area (Å²) in [5, 5.41) is 52.5. The van der Waals surface area contributed by atoms with Crippen LogP contribution < -0.4 is 5.32 Å². The van der Waals surface area contributed by atoms with E-state index in [1.165, 1.54) is 0 Å². The van der Waals surface area contributed by atoms with E-state index in [-0.39, 0.29) is 19.6 Å². The molecule has 0 aliphatic carbocycles. The number of nitrogens with zero attached hydrogens (tertiary/aromatic N) is 1. The zero-order valence-electron chi connectivity index (χ0n) is 9.27. The van der Waals surface area contributed by atoms with Gasteiger partial charge in [0, 0.05) is 6.42 Å². The van der Waals surface area contributed by atoms with E-state index in [0.29, 0.717) is 0 Å². The lowest BCUT2D eigenvalue weighted by Gasteiger charge is -2.50. The molecule has 2 aliphatic heterocycles. The predicted octanol–water partition coefficient (Wildman–Crippen LogP) is -2.99. The molecule has 100 valence electrons. The largest absolute Gasteiger partial charge is 0.630 e. The summed E-state index contributed by atoms with van der Waals surface area (Å²) in [5.74, 6) is 0. The highest BCUT2D eigenvalue weighted by Crippen LogP contribution is 2.29. The van der Waals surface area contributed by atoms with Crippen LogP contribution in [0.1, 0.15) is 6.42 Å². The lowest BCUT2D eigenvalue weighted by atomic mass is 10.1. The lowest BCUT2D eigenvalue weighted by Crippen LogP contribution is -2.64. The number of ether oxygens (including phenoxy) is 1. The van der Waals surface area contributed by atoms with Gasteiger partial charge in [-0.05, 0) is 0 Å². The molecule has 2 saturated heterocycles. The molecule has 17 heavy (non-hydrogen) atoms. The van der Waals surface area contributed by atoms with Gasteiger partial charge in [0.2, 0.25) is 6.23 Å². The zero-order valence-corrected chi connectivity index (χ0v) is 9.27. The summed E-state index contributed by atoms with van der Waals surface area (Å²) in [6.07, 6.45) is -5.15. The molecule has 0 radical (unpaired) electrons. The predicted molar refractivity (Wildman–Crippen MR) is 54.9 cm³/mol. The van der Waals surface area contributed by atoms with E-state index in [4.69, 9.17) is 9.84 Å². The van der Waals surface area contributed by atoms with Crippen molar-refractivity contribution >= 4 is 0 Å². The van der Waals surface area contributed by atoms with Crippen molar-refractivity contribution in [3.63, 3.8) is 0 Å². The van der Waals surface area contributed by atoms with Gasteiger partial charge in [-0.1, -0.05) is 0 Å². The molecule has 8 heteroatoms. The Morgan fingerprint density at radius 3 is 2.47 bits per heavy atom. The van der Waals surface area contributed by atoms with E-state index < -0.39 is 42.0 Å². The van der Waals surface area contributed by atoms with Gasteiger partial charge >= 0.3 is 0 Å². The first kappa shape index (κ1) is 13.1. The fourth-order valence-corrected chi connectivity index (χ4v) is 2.27. The number of nitrogens with one attached hydrogen (secondary N) is 1. The minimum atomic E-state index is -1.33. The summed E-state index contributed by atoms with van der Waals surface area (Å²) in [5.41, 5.74) is 0. The van der Waals surface area contributed by atoms with E-state index in [1.807, 2.05) is 0 Å². The molecule has 0 aromatic heterocycles. The Hall–Kier alpha value is -0.320. The van der Waals surface area contributed by atoms with Gasteiger partial charge in [0.25, 0.3) is 0 Å². The molecule has 0 saturated carbocycles. The molecule has 0 amide bonds. The third kappa shape index (κ3) is 2.30. The summed E-state index contributed by atoms with van der Waals surface area (Å²) < 4.78 is 4.32. The van der Waals surface area contributed by atoms with Crippen LogP contribution in [0.5, 0.6) is 0 Å². The summed E-state index contributed by atoms with van der Waals surface area (Å²) in [6.45, 7) is -0.473. The number of hydrogen-bond acceptors (Lipinski definition) is 7. The van der Waals surface area contributed by atoms with Crippen LogP contribution in [-0.4, -0.2) is 75.7 Å². The van der Waals surface area contributed by atoms with E-state index >= 15 is 0 Å². The molecule has 2 rings (SSSR count). The maximum atomic E-state index is 12.4. The molecule has 0 aromatic rings. The maximum absolute atomic E-state index is 12.4. The molecule has 6 atom stereocenters. The zero-order chi connectivity index (χ0) is 12.6. The molecule has 8 nitrogen and oxygen atoms in total. The monoisotopic (exact) mass is 250 g/mol. The number of hydroxylamine groups is 3. The van der Waals surface area contributed by atoms with Crippen molar-refractivity contribution < 1.29 is 29.8 Å². The summed E-state index contributed by atoms with van der Waals surface area (Å²) in [6, 6.07) is 0. The smallest absolute Gasteiger partial charge is 0.223 e. The van der Waals surface area contributed by atoms with E-state index in [1.54, 1.807) is 0 Å². The summed E-state index contributed by atoms with van der Waals surface area (Å²) in [4.78, 5) is 0. The second kappa shape index (κ2) is 4.75. The first-order valence-electron chi connectivity index (χ1n) is 5.59. The minimum absolute atomic E-state index is 0.0841. The first-order valence-corrected chi connectivity index (χ1v) is 5.59. The summed E-state index contributed by atoms with van der Waals surface area (Å²) >= 11 is 0. The average Bonchev–Trinajstić information content (AvgIpc) is 2.61. The normalized spacial score (nSPS) is 51.7. The molecule has 2 unspecified atom stereocenters. The Morgan fingerprint density at radius 1 is 1.29 bits per heavy atom. The molecule has 0 spiro atoms. The van der Waals surface area contributed by atoms with E-state index in [0.717, 1.165) is 0 Å². The van der Waals surface area contributed by atoms with E-state index in [9.17, 15) is 20.5 Å². The van der Waals surface area contributed by atoms with Gasteiger partial charge in [-0.25, -0.2) is 5.32 Å². The third-order valence-electron chi connectivity index (χ3n) is 3.36. The Morgan fingerprint density at radius 2 is 2.00 bits per heavy atom. The number of hydrogen-bond donors (Lipinski definition) is 5. The molecule has 2 heterocycles. The van der Waals surface area contributed by atoms with Crippen LogP contribution in [0.4, 0.5) is 0 Å².